The van der Waals surface area contributed by atoms with E-state index in [1.807, 2.05) is 74.2 Å². The molecule has 0 fully saturated rings. The van der Waals surface area contributed by atoms with Gasteiger partial charge in [0.2, 0.25) is 0 Å². The van der Waals surface area contributed by atoms with Crippen LogP contribution in [0.15, 0.2) is 54.6 Å². The lowest BCUT2D eigenvalue weighted by atomic mass is 9.98. The van der Waals surface area contributed by atoms with E-state index in [0.717, 1.165) is 17.7 Å². The van der Waals surface area contributed by atoms with Gasteiger partial charge in [-0.15, -0.1) is 0 Å². The number of carbonyl (C=O) groups is 2. The lowest BCUT2D eigenvalue weighted by Crippen LogP contribution is -2.34. The number of nitrogens with zero attached hydrogens (tertiary/aromatic N) is 1. The number of para-hydroxylation sites is 1. The van der Waals surface area contributed by atoms with Crippen LogP contribution in [0, 0.1) is 0 Å². The molecule has 1 unspecified atom stereocenters. The van der Waals surface area contributed by atoms with Gasteiger partial charge in [0.25, 0.3) is 5.91 Å². The first-order chi connectivity index (χ1) is 12.8. The van der Waals surface area contributed by atoms with Crippen LogP contribution in [-0.4, -0.2) is 30.7 Å². The summed E-state index contributed by atoms with van der Waals surface area (Å²) in [5.74, 6) is 0.189. The first-order valence-electron chi connectivity index (χ1n) is 9.28. The van der Waals surface area contributed by atoms with E-state index < -0.39 is 11.7 Å². The summed E-state index contributed by atoms with van der Waals surface area (Å²) in [6.07, 6.45) is 0.334. The maximum atomic E-state index is 12.9. The highest BCUT2D eigenvalue weighted by Crippen LogP contribution is 2.38. The Morgan fingerprint density at radius 2 is 1.74 bits per heavy atom. The lowest BCUT2D eigenvalue weighted by molar-refractivity contribution is 0.0526. The number of alkyl carbamates (subject to hydrolysis) is 1. The number of nitrogens with one attached hydrogen (secondary N) is 1. The van der Waals surface area contributed by atoms with Crippen LogP contribution in [0.2, 0.25) is 0 Å². The highest BCUT2D eigenvalue weighted by atomic mass is 16.6. The third kappa shape index (κ3) is 4.67. The molecule has 1 N–H and O–H groups in total. The molecule has 0 bridgehead atoms. The van der Waals surface area contributed by atoms with Crippen LogP contribution < -0.4 is 10.2 Å². The summed E-state index contributed by atoms with van der Waals surface area (Å²) in [4.78, 5) is 26.6. The Labute approximate surface area is 160 Å². The second-order valence-electron chi connectivity index (χ2n) is 7.75. The van der Waals surface area contributed by atoms with Crippen molar-refractivity contribution in [3.63, 3.8) is 0 Å². The zero-order valence-electron chi connectivity index (χ0n) is 16.1. The van der Waals surface area contributed by atoms with Gasteiger partial charge in [0, 0.05) is 30.3 Å². The van der Waals surface area contributed by atoms with Gasteiger partial charge < -0.3 is 15.0 Å². The Kier molecular flexibility index (Phi) is 5.49. The minimum absolute atomic E-state index is 0.00523. The highest BCUT2D eigenvalue weighted by Gasteiger charge is 2.32. The number of hydrogen-bond donors (Lipinski definition) is 1. The van der Waals surface area contributed by atoms with Crippen molar-refractivity contribution in [2.24, 2.45) is 0 Å². The predicted octanol–water partition coefficient (Wildman–Crippen LogP) is 4.35. The third-order valence-electron chi connectivity index (χ3n) is 4.50. The summed E-state index contributed by atoms with van der Waals surface area (Å²) in [5.41, 5.74) is 2.27. The van der Waals surface area contributed by atoms with Crippen molar-refractivity contribution in [2.75, 3.05) is 18.0 Å². The smallest absolute Gasteiger partial charge is 0.407 e. The molecule has 0 aliphatic carbocycles. The first-order valence-corrected chi connectivity index (χ1v) is 9.28. The number of anilines is 1. The van der Waals surface area contributed by atoms with Crippen molar-refractivity contribution in [1.82, 2.24) is 5.32 Å². The minimum atomic E-state index is -0.511. The second-order valence-corrected chi connectivity index (χ2v) is 7.75. The van der Waals surface area contributed by atoms with E-state index in [1.165, 1.54) is 0 Å². The number of carbonyl (C=O) groups excluding carboxylic acids is 2. The van der Waals surface area contributed by atoms with Gasteiger partial charge in [0.15, 0.2) is 0 Å². The largest absolute Gasteiger partial charge is 0.444 e. The van der Waals surface area contributed by atoms with Crippen molar-refractivity contribution < 1.29 is 14.3 Å². The number of fused-ring (bicyclic) bond motifs is 1. The van der Waals surface area contributed by atoms with Gasteiger partial charge in [-0.1, -0.05) is 36.4 Å². The molecule has 5 heteroatoms. The first kappa shape index (κ1) is 19.0. The Balaban J connectivity index is 1.66. The quantitative estimate of drug-likeness (QED) is 0.875. The van der Waals surface area contributed by atoms with E-state index in [2.05, 4.69) is 11.4 Å². The van der Waals surface area contributed by atoms with Crippen molar-refractivity contribution in [3.8, 4) is 0 Å². The van der Waals surface area contributed by atoms with Crippen LogP contribution in [-0.2, 0) is 4.74 Å². The molecule has 0 saturated carbocycles. The van der Waals surface area contributed by atoms with Gasteiger partial charge in [-0.05, 0) is 51.0 Å². The standard InChI is InChI=1S/C22H26N2O3/c1-22(2,3)27-21(26)23-14-13-17-15-24(19-12-8-7-11-18(17)19)20(25)16-9-5-4-6-10-16/h4-12,17H,13-15H2,1-3H3,(H,23,26). The molecule has 0 spiro atoms. The minimum Gasteiger partial charge on any atom is -0.444 e. The SMILES string of the molecule is CC(C)(C)OC(=O)NCCC1CN(C(=O)c2ccccc2)c2ccccc21. The fourth-order valence-corrected chi connectivity index (χ4v) is 3.33. The molecule has 1 aliphatic heterocycles. The van der Waals surface area contributed by atoms with Gasteiger partial charge >= 0.3 is 6.09 Å². The normalized spacial score (nSPS) is 16.0. The average molecular weight is 366 g/mol. The lowest BCUT2D eigenvalue weighted by Gasteiger charge is -2.20. The molecule has 5 nitrogen and oxygen atoms in total. The summed E-state index contributed by atoms with van der Waals surface area (Å²) in [5, 5.41) is 2.81. The Morgan fingerprint density at radius 3 is 2.44 bits per heavy atom. The number of rotatable bonds is 4. The van der Waals surface area contributed by atoms with Gasteiger partial charge in [0.1, 0.15) is 5.60 Å². The maximum absolute atomic E-state index is 12.9. The van der Waals surface area contributed by atoms with Crippen LogP contribution in [0.25, 0.3) is 0 Å². The highest BCUT2D eigenvalue weighted by molar-refractivity contribution is 6.07. The molecule has 3 rings (SSSR count). The molecule has 2 aromatic rings. The van der Waals surface area contributed by atoms with Crippen molar-refractivity contribution in [2.45, 2.75) is 38.7 Å². The van der Waals surface area contributed by atoms with Crippen LogP contribution >= 0.6 is 0 Å². The Morgan fingerprint density at radius 1 is 1.07 bits per heavy atom. The Bertz CT molecular complexity index is 812. The number of benzene rings is 2. The molecular formula is C22H26N2O3. The summed E-state index contributed by atoms with van der Waals surface area (Å²) in [6.45, 7) is 6.64. The molecule has 142 valence electrons. The van der Waals surface area contributed by atoms with Crippen LogP contribution in [0.1, 0.15) is 49.0 Å². The summed E-state index contributed by atoms with van der Waals surface area (Å²) >= 11 is 0. The molecule has 1 heterocycles. The fraction of sp³-hybridized carbons (Fsp3) is 0.364. The zero-order chi connectivity index (χ0) is 19.4. The molecule has 1 atom stereocenters. The third-order valence-corrected chi connectivity index (χ3v) is 4.50. The van der Waals surface area contributed by atoms with E-state index in [-0.39, 0.29) is 11.8 Å². The van der Waals surface area contributed by atoms with Crippen LogP contribution in [0.5, 0.6) is 0 Å². The molecule has 2 amide bonds. The van der Waals surface area contributed by atoms with Crippen LogP contribution in [0.4, 0.5) is 10.5 Å². The molecule has 0 aromatic heterocycles. The predicted molar refractivity (Wildman–Crippen MR) is 106 cm³/mol. The maximum Gasteiger partial charge on any atom is 0.407 e. The topological polar surface area (TPSA) is 58.6 Å². The monoisotopic (exact) mass is 366 g/mol. The second kappa shape index (κ2) is 7.82. The van der Waals surface area contributed by atoms with E-state index >= 15 is 0 Å². The van der Waals surface area contributed by atoms with Gasteiger partial charge in [-0.25, -0.2) is 4.79 Å². The molecule has 0 radical (unpaired) electrons. The molecular weight excluding hydrogens is 340 g/mol. The number of ether oxygens (including phenoxy) is 1. The van der Waals surface area contributed by atoms with E-state index in [4.69, 9.17) is 4.74 Å². The van der Waals surface area contributed by atoms with Gasteiger partial charge in [-0.2, -0.15) is 0 Å². The zero-order valence-corrected chi connectivity index (χ0v) is 16.1. The molecule has 0 saturated heterocycles. The summed E-state index contributed by atoms with van der Waals surface area (Å²) in [6, 6.07) is 17.3. The van der Waals surface area contributed by atoms with Gasteiger partial charge in [0.05, 0.1) is 0 Å². The average Bonchev–Trinajstić information content (AvgIpc) is 2.99. The fourth-order valence-electron chi connectivity index (χ4n) is 3.33. The molecule has 27 heavy (non-hydrogen) atoms. The van der Waals surface area contributed by atoms with Gasteiger partial charge in [-0.3, -0.25) is 4.79 Å². The molecule has 1 aliphatic rings. The number of hydrogen-bond acceptors (Lipinski definition) is 3. The summed E-state index contributed by atoms with van der Waals surface area (Å²) < 4.78 is 5.27. The Hall–Kier alpha value is -2.82. The van der Waals surface area contributed by atoms with E-state index in [9.17, 15) is 9.59 Å². The van der Waals surface area contributed by atoms with Crippen molar-refractivity contribution >= 4 is 17.7 Å². The van der Waals surface area contributed by atoms with Crippen molar-refractivity contribution in [3.05, 3.63) is 65.7 Å². The van der Waals surface area contributed by atoms with Crippen molar-refractivity contribution in [1.29, 1.82) is 0 Å². The number of amides is 2. The van der Waals surface area contributed by atoms with E-state index in [1.54, 1.807) is 0 Å². The summed E-state index contributed by atoms with van der Waals surface area (Å²) in [7, 11) is 0. The van der Waals surface area contributed by atoms with E-state index in [0.29, 0.717) is 18.7 Å². The molecule has 2 aromatic carbocycles. The van der Waals surface area contributed by atoms with Crippen LogP contribution in [0.3, 0.4) is 0 Å².